The van der Waals surface area contributed by atoms with Crippen molar-refractivity contribution in [1.29, 1.82) is 0 Å². The molecule has 212 valence electrons. The third kappa shape index (κ3) is 9.10. The van der Waals surface area contributed by atoms with Crippen LogP contribution in [-0.2, 0) is 13.0 Å². The van der Waals surface area contributed by atoms with Crippen LogP contribution in [0.3, 0.4) is 0 Å². The Labute approximate surface area is 326 Å². The SMILES string of the molecule is O=C([O-])c1cc(C(=O)[O-])c(C(=O)N(Cc2cccc(Oc3ccccc3)c2)[C@H]2CCCc3ccccc32)cc1C(=O)[O-].[Na+].[Na+].[Na+]. The number of aromatic carboxylic acids is 3. The van der Waals surface area contributed by atoms with E-state index in [2.05, 4.69) is 0 Å². The minimum atomic E-state index is -1.93. The van der Waals surface area contributed by atoms with Crippen molar-refractivity contribution in [2.75, 3.05) is 0 Å². The number of carboxylic acids is 3. The van der Waals surface area contributed by atoms with Gasteiger partial charge in [-0.15, -0.1) is 0 Å². The van der Waals surface area contributed by atoms with Gasteiger partial charge in [0, 0.05) is 28.8 Å². The van der Waals surface area contributed by atoms with Crippen LogP contribution >= 0.6 is 0 Å². The molecule has 0 N–H and O–H groups in total. The Kier molecular flexibility index (Phi) is 15.0. The summed E-state index contributed by atoms with van der Waals surface area (Å²) in [6.07, 6.45) is 2.12. The third-order valence-electron chi connectivity index (χ3n) is 7.25. The van der Waals surface area contributed by atoms with Crippen LogP contribution in [0.1, 0.15) is 77.0 Å². The monoisotopic (exact) mass is 631 g/mol. The number of benzene rings is 4. The molecule has 0 saturated carbocycles. The number of carbonyl (C=O) groups excluding carboxylic acids is 4. The summed E-state index contributed by atoms with van der Waals surface area (Å²) < 4.78 is 5.95. The number of carboxylic acid groups (broad SMARTS) is 3. The maximum absolute atomic E-state index is 14.2. The number of carbonyl (C=O) groups is 4. The number of para-hydroxylation sites is 1. The largest absolute Gasteiger partial charge is 1.00 e. The second-order valence-corrected chi connectivity index (χ2v) is 9.91. The molecule has 5 rings (SSSR count). The van der Waals surface area contributed by atoms with Crippen LogP contribution in [0.4, 0.5) is 0 Å². The predicted octanol–water partition coefficient (Wildman–Crippen LogP) is -6.70. The number of hydrogen-bond acceptors (Lipinski definition) is 8. The minimum Gasteiger partial charge on any atom is -0.545 e. The molecule has 0 fully saturated rings. The van der Waals surface area contributed by atoms with Gasteiger partial charge in [0.25, 0.3) is 5.91 Å². The zero-order valence-corrected chi connectivity index (χ0v) is 31.3. The summed E-state index contributed by atoms with van der Waals surface area (Å²) in [4.78, 5) is 51.2. The molecule has 1 atom stereocenters. The fraction of sp³-hybridized carbons (Fsp3) is 0.152. The molecular formula is C33H24NNa3O8. The van der Waals surface area contributed by atoms with Gasteiger partial charge in [0.2, 0.25) is 0 Å². The average Bonchev–Trinajstić information content (AvgIpc) is 2.99. The molecular weight excluding hydrogens is 607 g/mol. The summed E-state index contributed by atoms with van der Waals surface area (Å²) in [5, 5.41) is 35.5. The average molecular weight is 632 g/mol. The van der Waals surface area contributed by atoms with Crippen molar-refractivity contribution in [3.05, 3.63) is 130 Å². The predicted molar refractivity (Wildman–Crippen MR) is 144 cm³/mol. The number of fused-ring (bicyclic) bond motifs is 1. The molecule has 0 bridgehead atoms. The number of hydrogen-bond donors (Lipinski definition) is 0. The summed E-state index contributed by atoms with van der Waals surface area (Å²) in [5.41, 5.74) is -0.498. The van der Waals surface area contributed by atoms with Crippen molar-refractivity contribution >= 4 is 23.8 Å². The first kappa shape index (κ1) is 38.7. The molecule has 12 heteroatoms. The standard InChI is InChI=1S/C33H27NO8.3Na/c35-30(25-17-27(32(38)39)28(33(40)41)18-26(25)31(36)37)34(29-15-7-10-21-9-4-5-14-24(21)29)19-20-8-6-13-23(16-20)42-22-11-2-1-3-12-22;;;/h1-6,8-9,11-14,16-18,29H,7,10,15,19H2,(H,36,37)(H,38,39)(H,40,41);;;/q;3*+1/p-3/t29-;;;/m0.../s1. The van der Waals surface area contributed by atoms with Crippen LogP contribution in [-0.4, -0.2) is 28.7 Å². The molecule has 9 nitrogen and oxygen atoms in total. The molecule has 0 aromatic heterocycles. The maximum Gasteiger partial charge on any atom is 1.00 e. The van der Waals surface area contributed by atoms with Crippen LogP contribution in [0, 0.1) is 0 Å². The van der Waals surface area contributed by atoms with E-state index in [9.17, 15) is 34.5 Å². The van der Waals surface area contributed by atoms with Crippen LogP contribution in [0.25, 0.3) is 0 Å². The second kappa shape index (κ2) is 17.5. The molecule has 0 heterocycles. The van der Waals surface area contributed by atoms with Gasteiger partial charge in [0.1, 0.15) is 11.5 Å². The number of nitrogens with zero attached hydrogens (tertiary/aromatic N) is 1. The minimum absolute atomic E-state index is 0. The van der Waals surface area contributed by atoms with E-state index < -0.39 is 52.1 Å². The van der Waals surface area contributed by atoms with Gasteiger partial charge in [-0.2, -0.15) is 0 Å². The first-order valence-electron chi connectivity index (χ1n) is 13.3. The van der Waals surface area contributed by atoms with E-state index in [-0.39, 0.29) is 95.2 Å². The normalized spacial score (nSPS) is 13.0. The Morgan fingerprint density at radius 3 is 1.87 bits per heavy atom. The van der Waals surface area contributed by atoms with E-state index >= 15 is 0 Å². The molecule has 4 aromatic carbocycles. The van der Waals surface area contributed by atoms with Crippen LogP contribution in [0.2, 0.25) is 0 Å². The molecule has 45 heavy (non-hydrogen) atoms. The van der Waals surface area contributed by atoms with Crippen LogP contribution in [0.15, 0.2) is 91.0 Å². The van der Waals surface area contributed by atoms with E-state index in [1.54, 1.807) is 36.4 Å². The smallest absolute Gasteiger partial charge is 0.545 e. The summed E-state index contributed by atoms with van der Waals surface area (Å²) >= 11 is 0. The van der Waals surface area contributed by atoms with E-state index in [0.717, 1.165) is 24.0 Å². The van der Waals surface area contributed by atoms with Crippen molar-refractivity contribution in [3.63, 3.8) is 0 Å². The first-order valence-corrected chi connectivity index (χ1v) is 13.3. The van der Waals surface area contributed by atoms with Gasteiger partial charge in [-0.3, -0.25) is 4.79 Å². The zero-order valence-electron chi connectivity index (χ0n) is 25.3. The Bertz CT molecular complexity index is 1700. The van der Waals surface area contributed by atoms with Crippen molar-refractivity contribution in [2.45, 2.75) is 31.8 Å². The number of ether oxygens (including phenoxy) is 1. The molecule has 0 unspecified atom stereocenters. The molecule has 1 amide bonds. The van der Waals surface area contributed by atoms with Crippen molar-refractivity contribution in [3.8, 4) is 11.5 Å². The van der Waals surface area contributed by atoms with Gasteiger partial charge in [0.15, 0.2) is 0 Å². The van der Waals surface area contributed by atoms with E-state index in [4.69, 9.17) is 4.74 Å². The fourth-order valence-electron chi connectivity index (χ4n) is 5.34. The summed E-state index contributed by atoms with van der Waals surface area (Å²) in [7, 11) is 0. The van der Waals surface area contributed by atoms with Gasteiger partial charge in [0.05, 0.1) is 23.9 Å². The number of amides is 1. The van der Waals surface area contributed by atoms with Gasteiger partial charge < -0.3 is 39.3 Å². The fourth-order valence-corrected chi connectivity index (χ4v) is 5.34. The molecule has 0 aliphatic heterocycles. The number of rotatable bonds is 9. The molecule has 4 aromatic rings. The van der Waals surface area contributed by atoms with E-state index in [0.29, 0.717) is 35.6 Å². The van der Waals surface area contributed by atoms with Crippen molar-refractivity contribution in [1.82, 2.24) is 4.90 Å². The Balaban J connectivity index is 0.00000235. The van der Waals surface area contributed by atoms with E-state index in [1.165, 1.54) is 4.90 Å². The number of aryl methyl sites for hydroxylation is 1. The van der Waals surface area contributed by atoms with Crippen LogP contribution < -0.4 is 109 Å². The summed E-state index contributed by atoms with van der Waals surface area (Å²) in [5.74, 6) is -5.34. The molecule has 0 saturated heterocycles. The third-order valence-corrected chi connectivity index (χ3v) is 7.25. The van der Waals surface area contributed by atoms with Gasteiger partial charge >= 0.3 is 88.7 Å². The van der Waals surface area contributed by atoms with E-state index in [1.807, 2.05) is 42.5 Å². The molecule has 1 aliphatic carbocycles. The Morgan fingerprint density at radius 2 is 1.22 bits per heavy atom. The maximum atomic E-state index is 14.2. The first-order chi connectivity index (χ1) is 20.2. The summed E-state index contributed by atoms with van der Waals surface area (Å²) in [6, 6.07) is 24.6. The quantitative estimate of drug-likeness (QED) is 0.166. The Hall–Kier alpha value is -2.44. The second-order valence-electron chi connectivity index (χ2n) is 9.91. The van der Waals surface area contributed by atoms with Crippen LogP contribution in [0.5, 0.6) is 11.5 Å². The molecule has 0 spiro atoms. The molecule has 0 radical (unpaired) electrons. The van der Waals surface area contributed by atoms with Gasteiger partial charge in [-0.1, -0.05) is 54.6 Å². The topological polar surface area (TPSA) is 150 Å². The van der Waals surface area contributed by atoms with Gasteiger partial charge in [-0.05, 0) is 72.4 Å². The molecule has 1 aliphatic rings. The summed E-state index contributed by atoms with van der Waals surface area (Å²) in [6.45, 7) is 0.0131. The zero-order chi connectivity index (χ0) is 29.8. The van der Waals surface area contributed by atoms with Gasteiger partial charge in [-0.25, -0.2) is 0 Å². The van der Waals surface area contributed by atoms with Crippen molar-refractivity contribution < 1.29 is 128 Å². The van der Waals surface area contributed by atoms with Crippen molar-refractivity contribution in [2.24, 2.45) is 0 Å². The Morgan fingerprint density at radius 1 is 0.667 bits per heavy atom.